The Labute approximate surface area is 99.5 Å². The molecule has 1 atom stereocenters. The van der Waals surface area contributed by atoms with E-state index in [-0.39, 0.29) is 0 Å². The number of hydrogen-bond donors (Lipinski definition) is 1. The number of ether oxygens (including phenoxy) is 1. The summed E-state index contributed by atoms with van der Waals surface area (Å²) in [7, 11) is 0. The van der Waals surface area contributed by atoms with Crippen LogP contribution in [0.4, 0.5) is 0 Å². The third-order valence-corrected chi connectivity index (χ3v) is 3.83. The van der Waals surface area contributed by atoms with Crippen LogP contribution in [0.2, 0.25) is 0 Å². The Morgan fingerprint density at radius 2 is 2.06 bits per heavy atom. The summed E-state index contributed by atoms with van der Waals surface area (Å²) in [5.41, 5.74) is 0. The zero-order valence-electron chi connectivity index (χ0n) is 10.6. The van der Waals surface area contributed by atoms with Crippen molar-refractivity contribution in [2.24, 2.45) is 0 Å². The molecule has 1 saturated carbocycles. The normalized spacial score (nSPS) is 27.9. The highest BCUT2D eigenvalue weighted by Crippen LogP contribution is 2.20. The van der Waals surface area contributed by atoms with Crippen molar-refractivity contribution in [3.63, 3.8) is 0 Å². The fourth-order valence-corrected chi connectivity index (χ4v) is 2.89. The SMILES string of the molecule is CCNC1CCN(CCOC2CCCC2)C1. The van der Waals surface area contributed by atoms with E-state index in [9.17, 15) is 0 Å². The van der Waals surface area contributed by atoms with Gasteiger partial charge in [-0.1, -0.05) is 19.8 Å². The maximum atomic E-state index is 5.90. The fourth-order valence-electron chi connectivity index (χ4n) is 2.89. The molecule has 0 aromatic heterocycles. The maximum absolute atomic E-state index is 5.90. The van der Waals surface area contributed by atoms with Gasteiger partial charge in [0.25, 0.3) is 0 Å². The van der Waals surface area contributed by atoms with E-state index in [0.29, 0.717) is 6.10 Å². The molecule has 0 amide bonds. The summed E-state index contributed by atoms with van der Waals surface area (Å²) >= 11 is 0. The highest BCUT2D eigenvalue weighted by molar-refractivity contribution is 4.80. The molecule has 0 aromatic carbocycles. The van der Waals surface area contributed by atoms with Crippen molar-refractivity contribution >= 4 is 0 Å². The summed E-state index contributed by atoms with van der Waals surface area (Å²) in [5.74, 6) is 0. The van der Waals surface area contributed by atoms with Crippen molar-refractivity contribution in [3.8, 4) is 0 Å². The lowest BCUT2D eigenvalue weighted by molar-refractivity contribution is 0.0452. The van der Waals surface area contributed by atoms with E-state index in [1.807, 2.05) is 0 Å². The molecule has 3 nitrogen and oxygen atoms in total. The van der Waals surface area contributed by atoms with E-state index < -0.39 is 0 Å². The molecule has 2 aliphatic rings. The van der Waals surface area contributed by atoms with E-state index in [1.54, 1.807) is 0 Å². The van der Waals surface area contributed by atoms with Crippen molar-refractivity contribution in [2.45, 2.75) is 51.2 Å². The smallest absolute Gasteiger partial charge is 0.0597 e. The Morgan fingerprint density at radius 3 is 2.81 bits per heavy atom. The van der Waals surface area contributed by atoms with Gasteiger partial charge < -0.3 is 10.1 Å². The monoisotopic (exact) mass is 226 g/mol. The van der Waals surface area contributed by atoms with Gasteiger partial charge in [-0.05, 0) is 32.4 Å². The lowest BCUT2D eigenvalue weighted by Gasteiger charge is -2.18. The van der Waals surface area contributed by atoms with Gasteiger partial charge in [0.1, 0.15) is 0 Å². The first-order valence-corrected chi connectivity index (χ1v) is 6.96. The molecule has 94 valence electrons. The molecule has 1 saturated heterocycles. The van der Waals surface area contributed by atoms with Crippen LogP contribution in [0.5, 0.6) is 0 Å². The topological polar surface area (TPSA) is 24.5 Å². The van der Waals surface area contributed by atoms with Crippen LogP contribution in [0.1, 0.15) is 39.0 Å². The van der Waals surface area contributed by atoms with Gasteiger partial charge in [0.05, 0.1) is 12.7 Å². The highest BCUT2D eigenvalue weighted by Gasteiger charge is 2.21. The van der Waals surface area contributed by atoms with Crippen LogP contribution < -0.4 is 5.32 Å². The molecule has 3 heteroatoms. The average Bonchev–Trinajstić information content (AvgIpc) is 2.90. The van der Waals surface area contributed by atoms with Crippen LogP contribution in [-0.4, -0.2) is 49.8 Å². The zero-order valence-corrected chi connectivity index (χ0v) is 10.6. The molecule has 0 bridgehead atoms. The van der Waals surface area contributed by atoms with Gasteiger partial charge in [-0.3, -0.25) is 4.90 Å². The average molecular weight is 226 g/mol. The van der Waals surface area contributed by atoms with Crippen molar-refractivity contribution in [2.75, 3.05) is 32.8 Å². The first kappa shape index (κ1) is 12.3. The summed E-state index contributed by atoms with van der Waals surface area (Å²) in [6.07, 6.45) is 7.21. The Morgan fingerprint density at radius 1 is 1.25 bits per heavy atom. The molecule has 1 N–H and O–H groups in total. The Bertz CT molecular complexity index is 192. The standard InChI is InChI=1S/C13H26N2O/c1-2-14-12-7-8-15(11-12)9-10-16-13-5-3-4-6-13/h12-14H,2-11H2,1H3. The summed E-state index contributed by atoms with van der Waals surface area (Å²) in [6, 6.07) is 0.719. The van der Waals surface area contributed by atoms with Crippen molar-refractivity contribution in [1.82, 2.24) is 10.2 Å². The number of rotatable bonds is 6. The van der Waals surface area contributed by atoms with E-state index in [4.69, 9.17) is 4.74 Å². The number of hydrogen-bond acceptors (Lipinski definition) is 3. The summed E-state index contributed by atoms with van der Waals surface area (Å²) in [4.78, 5) is 2.53. The molecule has 16 heavy (non-hydrogen) atoms. The number of likely N-dealkylation sites (tertiary alicyclic amines) is 1. The van der Waals surface area contributed by atoms with Crippen LogP contribution in [0.3, 0.4) is 0 Å². The predicted octanol–water partition coefficient (Wildman–Crippen LogP) is 1.63. The molecule has 1 aliphatic heterocycles. The lowest BCUT2D eigenvalue weighted by Crippen LogP contribution is -2.33. The third kappa shape index (κ3) is 3.72. The van der Waals surface area contributed by atoms with Crippen LogP contribution in [0.15, 0.2) is 0 Å². The van der Waals surface area contributed by atoms with Crippen LogP contribution in [-0.2, 0) is 4.74 Å². The summed E-state index contributed by atoms with van der Waals surface area (Å²) in [5, 5.41) is 3.52. The van der Waals surface area contributed by atoms with Gasteiger partial charge >= 0.3 is 0 Å². The van der Waals surface area contributed by atoms with Gasteiger partial charge in [-0.2, -0.15) is 0 Å². The first-order valence-electron chi connectivity index (χ1n) is 6.96. The Kier molecular flexibility index (Phi) is 5.07. The quantitative estimate of drug-likeness (QED) is 0.745. The minimum Gasteiger partial charge on any atom is -0.377 e. The van der Waals surface area contributed by atoms with Gasteiger partial charge in [0.15, 0.2) is 0 Å². The van der Waals surface area contributed by atoms with Crippen molar-refractivity contribution < 1.29 is 4.74 Å². The minimum atomic E-state index is 0.576. The Balaban J connectivity index is 1.53. The van der Waals surface area contributed by atoms with Crippen LogP contribution in [0.25, 0.3) is 0 Å². The predicted molar refractivity (Wildman–Crippen MR) is 66.7 cm³/mol. The van der Waals surface area contributed by atoms with Gasteiger partial charge in [0, 0.05) is 19.1 Å². The number of likely N-dealkylation sites (N-methyl/N-ethyl adjacent to an activating group) is 1. The zero-order chi connectivity index (χ0) is 11.2. The summed E-state index contributed by atoms with van der Waals surface area (Å²) in [6.45, 7) is 7.79. The molecule has 0 radical (unpaired) electrons. The van der Waals surface area contributed by atoms with E-state index in [2.05, 4.69) is 17.1 Å². The largest absolute Gasteiger partial charge is 0.377 e. The third-order valence-electron chi connectivity index (χ3n) is 3.83. The van der Waals surface area contributed by atoms with Crippen LogP contribution in [0, 0.1) is 0 Å². The van der Waals surface area contributed by atoms with Gasteiger partial charge in [-0.25, -0.2) is 0 Å². The highest BCUT2D eigenvalue weighted by atomic mass is 16.5. The molecule has 2 rings (SSSR count). The number of nitrogens with one attached hydrogen (secondary N) is 1. The van der Waals surface area contributed by atoms with Gasteiger partial charge in [-0.15, -0.1) is 0 Å². The second-order valence-electron chi connectivity index (χ2n) is 5.12. The number of nitrogens with zero attached hydrogens (tertiary/aromatic N) is 1. The lowest BCUT2D eigenvalue weighted by atomic mass is 10.3. The second-order valence-corrected chi connectivity index (χ2v) is 5.12. The molecular weight excluding hydrogens is 200 g/mol. The van der Waals surface area contributed by atoms with E-state index in [1.165, 1.54) is 45.2 Å². The molecule has 1 unspecified atom stereocenters. The molecule has 2 fully saturated rings. The van der Waals surface area contributed by atoms with Crippen molar-refractivity contribution in [3.05, 3.63) is 0 Å². The summed E-state index contributed by atoms with van der Waals surface area (Å²) < 4.78 is 5.90. The van der Waals surface area contributed by atoms with E-state index >= 15 is 0 Å². The molecule has 0 aromatic rings. The first-order chi connectivity index (χ1) is 7.88. The van der Waals surface area contributed by atoms with Gasteiger partial charge in [0.2, 0.25) is 0 Å². The molecule has 1 heterocycles. The fraction of sp³-hybridized carbons (Fsp3) is 1.00. The van der Waals surface area contributed by atoms with E-state index in [0.717, 1.165) is 25.7 Å². The van der Waals surface area contributed by atoms with Crippen LogP contribution >= 0.6 is 0 Å². The second kappa shape index (κ2) is 6.58. The Hall–Kier alpha value is -0.120. The maximum Gasteiger partial charge on any atom is 0.0597 e. The molecule has 1 aliphatic carbocycles. The molecule has 0 spiro atoms. The van der Waals surface area contributed by atoms with Crippen molar-refractivity contribution in [1.29, 1.82) is 0 Å². The minimum absolute atomic E-state index is 0.576. The molecular formula is C13H26N2O.